The number of benzene rings is 1. The number of amides is 2. The number of urea groups is 1. The SMILES string of the molecule is CCNC(=O)N[C@H]1C(C)(C)[C@@H]2C[C@@H]3[C@@H](c4ccccc4)OCC[C@@]31C2. The first-order chi connectivity index (χ1) is 12.0. The van der Waals surface area contributed by atoms with Crippen molar-refractivity contribution in [2.24, 2.45) is 22.7 Å². The van der Waals surface area contributed by atoms with E-state index in [1.165, 1.54) is 18.4 Å². The van der Waals surface area contributed by atoms with Crippen molar-refractivity contribution in [3.05, 3.63) is 35.9 Å². The molecule has 0 aromatic heterocycles. The number of carbonyl (C=O) groups excluding carboxylic acids is 1. The van der Waals surface area contributed by atoms with Gasteiger partial charge in [-0.05, 0) is 54.4 Å². The molecule has 136 valence electrons. The fourth-order valence-corrected chi connectivity index (χ4v) is 6.10. The molecule has 2 N–H and O–H groups in total. The molecule has 1 aliphatic heterocycles. The molecule has 0 unspecified atom stereocenters. The third kappa shape index (κ3) is 2.49. The van der Waals surface area contributed by atoms with Crippen LogP contribution in [0.4, 0.5) is 4.79 Å². The Hall–Kier alpha value is -1.55. The standard InChI is InChI=1S/C21H30N2O2/c1-4-22-19(24)23-18-20(2,3)15-12-16-17(14-8-6-5-7-9-14)25-11-10-21(16,18)13-15/h5-9,15-18H,4,10-13H2,1-3H3,(H2,22,23,24)/t15-,16-,17-,18+,21-/m1/s1. The number of rotatable bonds is 3. The van der Waals surface area contributed by atoms with Crippen molar-refractivity contribution < 1.29 is 9.53 Å². The van der Waals surface area contributed by atoms with Crippen LogP contribution in [0.5, 0.6) is 0 Å². The number of nitrogens with one attached hydrogen (secondary N) is 2. The molecule has 1 heterocycles. The van der Waals surface area contributed by atoms with Gasteiger partial charge in [-0.1, -0.05) is 44.2 Å². The smallest absolute Gasteiger partial charge is 0.315 e. The van der Waals surface area contributed by atoms with Crippen LogP contribution in [0.1, 0.15) is 51.7 Å². The van der Waals surface area contributed by atoms with E-state index in [2.05, 4.69) is 54.8 Å². The lowest BCUT2D eigenvalue weighted by Crippen LogP contribution is -2.60. The predicted octanol–water partition coefficient (Wildman–Crippen LogP) is 3.89. The molecule has 4 rings (SSSR count). The van der Waals surface area contributed by atoms with Gasteiger partial charge in [-0.25, -0.2) is 4.79 Å². The van der Waals surface area contributed by atoms with Crippen molar-refractivity contribution in [2.45, 2.75) is 52.2 Å². The molecule has 2 saturated carbocycles. The van der Waals surface area contributed by atoms with Crippen molar-refractivity contribution >= 4 is 6.03 Å². The average molecular weight is 342 g/mol. The second kappa shape index (κ2) is 6.01. The molecule has 1 spiro atoms. The number of fused-ring (bicyclic) bond motifs is 1. The fourth-order valence-electron chi connectivity index (χ4n) is 6.10. The molecule has 0 radical (unpaired) electrons. The lowest BCUT2D eigenvalue weighted by atomic mass is 9.59. The summed E-state index contributed by atoms with van der Waals surface area (Å²) in [5.74, 6) is 1.14. The van der Waals surface area contributed by atoms with Gasteiger partial charge < -0.3 is 15.4 Å². The van der Waals surface area contributed by atoms with Gasteiger partial charge in [-0.3, -0.25) is 0 Å². The maximum Gasteiger partial charge on any atom is 0.315 e. The van der Waals surface area contributed by atoms with Crippen LogP contribution in [-0.4, -0.2) is 25.2 Å². The Kier molecular flexibility index (Phi) is 4.06. The third-order valence-corrected chi connectivity index (χ3v) is 7.25. The molecule has 1 saturated heterocycles. The van der Waals surface area contributed by atoms with Gasteiger partial charge in [0.25, 0.3) is 0 Å². The van der Waals surface area contributed by atoms with Crippen LogP contribution in [0.2, 0.25) is 0 Å². The average Bonchev–Trinajstić information content (AvgIpc) is 3.09. The maximum atomic E-state index is 12.3. The second-order valence-electron chi connectivity index (χ2n) is 8.69. The molecule has 2 bridgehead atoms. The van der Waals surface area contributed by atoms with Crippen molar-refractivity contribution in [2.75, 3.05) is 13.2 Å². The summed E-state index contributed by atoms with van der Waals surface area (Å²) in [6, 6.07) is 10.8. The van der Waals surface area contributed by atoms with Crippen molar-refractivity contribution in [3.8, 4) is 0 Å². The topological polar surface area (TPSA) is 50.4 Å². The van der Waals surface area contributed by atoms with Gasteiger partial charge in [-0.15, -0.1) is 0 Å². The minimum absolute atomic E-state index is 0.0241. The molecule has 4 nitrogen and oxygen atoms in total. The molecule has 2 aliphatic carbocycles. The van der Waals surface area contributed by atoms with Crippen LogP contribution < -0.4 is 10.6 Å². The molecule has 5 atom stereocenters. The summed E-state index contributed by atoms with van der Waals surface area (Å²) in [5, 5.41) is 6.28. The summed E-state index contributed by atoms with van der Waals surface area (Å²) in [6.45, 7) is 8.09. The molecule has 1 aromatic carbocycles. The van der Waals surface area contributed by atoms with E-state index in [0.717, 1.165) is 13.0 Å². The highest BCUT2D eigenvalue weighted by atomic mass is 16.5. The lowest BCUT2D eigenvalue weighted by Gasteiger charge is -2.53. The number of carbonyl (C=O) groups is 1. The van der Waals surface area contributed by atoms with Crippen LogP contribution in [0.25, 0.3) is 0 Å². The zero-order valence-corrected chi connectivity index (χ0v) is 15.5. The number of ether oxygens (including phenoxy) is 1. The summed E-state index contributed by atoms with van der Waals surface area (Å²) >= 11 is 0. The van der Waals surface area contributed by atoms with E-state index in [0.29, 0.717) is 18.4 Å². The normalized spacial score (nSPS) is 38.2. The summed E-state index contributed by atoms with van der Waals surface area (Å²) in [7, 11) is 0. The molecule has 25 heavy (non-hydrogen) atoms. The molecule has 4 heteroatoms. The zero-order chi connectivity index (χ0) is 17.7. The number of hydrogen-bond donors (Lipinski definition) is 2. The molecule has 1 aromatic rings. The van der Waals surface area contributed by atoms with Crippen LogP contribution in [0.3, 0.4) is 0 Å². The Bertz CT molecular complexity index is 645. The van der Waals surface area contributed by atoms with E-state index in [-0.39, 0.29) is 29.0 Å². The monoisotopic (exact) mass is 342 g/mol. The first kappa shape index (κ1) is 16.9. The van der Waals surface area contributed by atoms with Crippen LogP contribution in [0, 0.1) is 22.7 Å². The molecule has 2 amide bonds. The second-order valence-corrected chi connectivity index (χ2v) is 8.69. The minimum Gasteiger partial charge on any atom is -0.373 e. The first-order valence-electron chi connectivity index (χ1n) is 9.70. The van der Waals surface area contributed by atoms with Gasteiger partial charge in [0.05, 0.1) is 6.10 Å². The van der Waals surface area contributed by atoms with Crippen LogP contribution in [0.15, 0.2) is 30.3 Å². The Balaban J connectivity index is 1.66. The Labute approximate surface area is 150 Å². The summed E-state index contributed by atoms with van der Waals surface area (Å²) in [5.41, 5.74) is 1.59. The van der Waals surface area contributed by atoms with E-state index in [4.69, 9.17) is 4.74 Å². The summed E-state index contributed by atoms with van der Waals surface area (Å²) < 4.78 is 6.27. The third-order valence-electron chi connectivity index (χ3n) is 7.25. The summed E-state index contributed by atoms with van der Waals surface area (Å²) in [4.78, 5) is 12.3. The van der Waals surface area contributed by atoms with Crippen molar-refractivity contribution in [1.29, 1.82) is 0 Å². The Morgan fingerprint density at radius 1 is 1.28 bits per heavy atom. The highest BCUT2D eigenvalue weighted by molar-refractivity contribution is 5.74. The van der Waals surface area contributed by atoms with Crippen molar-refractivity contribution in [3.63, 3.8) is 0 Å². The predicted molar refractivity (Wildman–Crippen MR) is 98.2 cm³/mol. The van der Waals surface area contributed by atoms with E-state index < -0.39 is 0 Å². The van der Waals surface area contributed by atoms with E-state index in [1.807, 2.05) is 6.92 Å². The van der Waals surface area contributed by atoms with E-state index in [9.17, 15) is 4.79 Å². The first-order valence-corrected chi connectivity index (χ1v) is 9.70. The minimum atomic E-state index is -0.0241. The van der Waals surface area contributed by atoms with Gasteiger partial charge in [0.15, 0.2) is 0 Å². The lowest BCUT2D eigenvalue weighted by molar-refractivity contribution is -0.120. The Morgan fingerprint density at radius 3 is 2.76 bits per heavy atom. The highest BCUT2D eigenvalue weighted by Gasteiger charge is 2.68. The molecule has 3 aliphatic rings. The Morgan fingerprint density at radius 2 is 2.04 bits per heavy atom. The number of hydrogen-bond acceptors (Lipinski definition) is 2. The largest absolute Gasteiger partial charge is 0.373 e. The van der Waals surface area contributed by atoms with Gasteiger partial charge in [0.2, 0.25) is 0 Å². The quantitative estimate of drug-likeness (QED) is 0.875. The van der Waals surface area contributed by atoms with Crippen LogP contribution >= 0.6 is 0 Å². The maximum absolute atomic E-state index is 12.3. The van der Waals surface area contributed by atoms with Crippen LogP contribution in [-0.2, 0) is 4.74 Å². The highest BCUT2D eigenvalue weighted by Crippen LogP contribution is 2.70. The summed E-state index contributed by atoms with van der Waals surface area (Å²) in [6.07, 6.45) is 3.64. The van der Waals surface area contributed by atoms with Gasteiger partial charge in [0, 0.05) is 19.2 Å². The molecular weight excluding hydrogens is 312 g/mol. The van der Waals surface area contributed by atoms with E-state index in [1.54, 1.807) is 0 Å². The van der Waals surface area contributed by atoms with Gasteiger partial charge >= 0.3 is 6.03 Å². The van der Waals surface area contributed by atoms with Gasteiger partial charge in [-0.2, -0.15) is 0 Å². The van der Waals surface area contributed by atoms with Gasteiger partial charge in [0.1, 0.15) is 0 Å². The zero-order valence-electron chi connectivity index (χ0n) is 15.5. The molecular formula is C21H30N2O2. The van der Waals surface area contributed by atoms with Crippen molar-refractivity contribution in [1.82, 2.24) is 10.6 Å². The molecule has 3 fully saturated rings. The fraction of sp³-hybridized carbons (Fsp3) is 0.667. The van der Waals surface area contributed by atoms with E-state index >= 15 is 0 Å².